The third-order valence-electron chi connectivity index (χ3n) is 6.55. The van der Waals surface area contributed by atoms with Gasteiger partial charge < -0.3 is 15.4 Å². The molecule has 1 saturated heterocycles. The molecule has 2 aliphatic heterocycles. The van der Waals surface area contributed by atoms with E-state index in [9.17, 15) is 9.59 Å². The van der Waals surface area contributed by atoms with Gasteiger partial charge in [0.2, 0.25) is 11.8 Å². The summed E-state index contributed by atoms with van der Waals surface area (Å²) in [5.41, 5.74) is 2.04. The number of hydrogen-bond acceptors (Lipinski definition) is 3. The van der Waals surface area contributed by atoms with Gasteiger partial charge in [-0.1, -0.05) is 73.2 Å². The number of hydrogen-bond donors (Lipinski definition) is 2. The van der Waals surface area contributed by atoms with Crippen LogP contribution in [0.4, 0.5) is 5.69 Å². The van der Waals surface area contributed by atoms with Crippen molar-refractivity contribution in [2.45, 2.75) is 56.4 Å². The second kappa shape index (κ2) is 10.9. The summed E-state index contributed by atoms with van der Waals surface area (Å²) < 4.78 is 4.95. The zero-order valence-corrected chi connectivity index (χ0v) is 23.5. The highest BCUT2D eigenvalue weighted by Gasteiger charge is 2.60. The van der Waals surface area contributed by atoms with E-state index in [0.717, 1.165) is 17.7 Å². The first-order valence-corrected chi connectivity index (χ1v) is 16.2. The Balaban J connectivity index is 0.000000371. The molecule has 2 N–H and O–H groups in total. The van der Waals surface area contributed by atoms with Crippen LogP contribution in [0.1, 0.15) is 30.4 Å². The number of anilines is 1. The van der Waals surface area contributed by atoms with Crippen molar-refractivity contribution in [2.24, 2.45) is 0 Å². The number of halogens is 2. The van der Waals surface area contributed by atoms with Crippen LogP contribution in [0, 0.1) is 0 Å². The molecule has 35 heavy (non-hydrogen) atoms. The third kappa shape index (κ3) is 5.83. The Labute approximate surface area is 219 Å². The first-order valence-electron chi connectivity index (χ1n) is 11.7. The summed E-state index contributed by atoms with van der Waals surface area (Å²) in [6.07, 6.45) is 0.180. The molecule has 2 aromatic carbocycles. The van der Waals surface area contributed by atoms with E-state index in [1.807, 2.05) is 31.2 Å². The molecule has 3 atom stereocenters. The lowest BCUT2D eigenvalue weighted by Gasteiger charge is -2.46. The molecule has 2 aromatic rings. The Kier molecular flexibility index (Phi) is 8.53. The zero-order chi connectivity index (χ0) is 26.0. The Hall–Kier alpha value is -2.12. The van der Waals surface area contributed by atoms with Crippen LogP contribution in [0.25, 0.3) is 0 Å². The van der Waals surface area contributed by atoms with Crippen LogP contribution in [0.3, 0.4) is 0 Å². The number of ether oxygens (including phenoxy) is 1. The average Bonchev–Trinajstić information content (AvgIpc) is 3.04. The quantitative estimate of drug-likeness (QED) is 0.345. The number of carbonyl (C=O) groups is 2. The summed E-state index contributed by atoms with van der Waals surface area (Å²) in [4.78, 5) is 26.0. The van der Waals surface area contributed by atoms with Gasteiger partial charge in [0.25, 0.3) is 0 Å². The topological polar surface area (TPSA) is 67.4 Å². The van der Waals surface area contributed by atoms with Gasteiger partial charge in [-0.05, 0) is 48.4 Å². The van der Waals surface area contributed by atoms with Crippen molar-refractivity contribution in [1.82, 2.24) is 5.32 Å². The molecule has 0 aromatic heterocycles. The minimum Gasteiger partial charge on any atom is -0.385 e. The highest BCUT2D eigenvalue weighted by atomic mass is 35.5. The average molecular weight is 534 g/mol. The van der Waals surface area contributed by atoms with Gasteiger partial charge in [-0.15, -0.1) is 0 Å². The molecule has 2 heterocycles. The largest absolute Gasteiger partial charge is 0.385 e. The van der Waals surface area contributed by atoms with Gasteiger partial charge in [0.15, 0.2) is 0 Å². The minimum absolute atomic E-state index is 0.117. The Bertz CT molecular complexity index is 1130. The number of fused-ring (bicyclic) bond motifs is 2. The van der Waals surface area contributed by atoms with Gasteiger partial charge >= 0.3 is 0 Å². The first-order chi connectivity index (χ1) is 16.4. The van der Waals surface area contributed by atoms with Gasteiger partial charge in [-0.25, -0.2) is 0 Å². The van der Waals surface area contributed by atoms with Crippen molar-refractivity contribution in [1.29, 1.82) is 0 Å². The fourth-order valence-electron chi connectivity index (χ4n) is 4.87. The number of rotatable bonds is 5. The van der Waals surface area contributed by atoms with Crippen molar-refractivity contribution >= 4 is 48.8 Å². The summed E-state index contributed by atoms with van der Waals surface area (Å²) in [7, 11) is 0.961. The SMILES string of the molecule is C=C(C)[C@@H]1NC(=O)C[C@@H](c2cccc(Cl)c2)[C@]12C(=O)Nc1cc(Cl)ccc12.COCC[Si](C)(C)C. The maximum atomic E-state index is 13.4. The van der Waals surface area contributed by atoms with Gasteiger partial charge in [-0.2, -0.15) is 0 Å². The van der Waals surface area contributed by atoms with Crippen LogP contribution in [0.5, 0.6) is 0 Å². The standard InChI is InChI=1S/C21H18Cl2N2O2.C6H16OSi/c1-11(2)19-21(15-7-6-14(23)9-17(15)24-20(21)27)16(10-18(26)25-19)12-4-3-5-13(22)8-12;1-7-5-6-8(2,3)4/h3-9,16,19H,1,10H2,2H3,(H,24,27)(H,25,26);5-6H2,1-4H3/t16-,19-,21-;/m0./s1. The molecule has 0 radical (unpaired) electrons. The molecule has 188 valence electrons. The lowest BCUT2D eigenvalue weighted by Crippen LogP contribution is -2.62. The molecule has 0 bridgehead atoms. The summed E-state index contributed by atoms with van der Waals surface area (Å²) in [5, 5.41) is 7.05. The van der Waals surface area contributed by atoms with Crippen LogP contribution in [-0.2, 0) is 19.7 Å². The predicted octanol–water partition coefficient (Wildman–Crippen LogP) is 6.40. The van der Waals surface area contributed by atoms with E-state index in [0.29, 0.717) is 21.3 Å². The van der Waals surface area contributed by atoms with Crippen LogP contribution in [0.2, 0.25) is 35.7 Å². The molecule has 2 aliphatic rings. The number of piperidine rings is 1. The van der Waals surface area contributed by atoms with Gasteiger partial charge in [-0.3, -0.25) is 9.59 Å². The maximum absolute atomic E-state index is 13.4. The van der Waals surface area contributed by atoms with Crippen LogP contribution < -0.4 is 10.6 Å². The highest BCUT2D eigenvalue weighted by molar-refractivity contribution is 6.76. The lowest BCUT2D eigenvalue weighted by molar-refractivity contribution is -0.130. The normalized spacial score (nSPS) is 23.2. The number of amides is 2. The molecular weight excluding hydrogens is 499 g/mol. The van der Waals surface area contributed by atoms with Gasteiger partial charge in [0.05, 0.1) is 6.04 Å². The highest BCUT2D eigenvalue weighted by Crippen LogP contribution is 2.54. The molecule has 2 amide bonds. The number of methoxy groups -OCH3 is 1. The van der Waals surface area contributed by atoms with E-state index in [1.54, 1.807) is 25.3 Å². The maximum Gasteiger partial charge on any atom is 0.238 e. The molecule has 0 unspecified atom stereocenters. The van der Waals surface area contributed by atoms with Crippen molar-refractivity contribution < 1.29 is 14.3 Å². The molecular formula is C27H34Cl2N2O3Si. The van der Waals surface area contributed by atoms with Crippen LogP contribution >= 0.6 is 23.2 Å². The van der Waals surface area contributed by atoms with E-state index in [2.05, 4.69) is 36.9 Å². The fourth-order valence-corrected chi connectivity index (χ4v) is 6.05. The summed E-state index contributed by atoms with van der Waals surface area (Å²) in [6.45, 7) is 13.9. The molecule has 1 fully saturated rings. The third-order valence-corrected chi connectivity index (χ3v) is 8.73. The van der Waals surface area contributed by atoms with E-state index < -0.39 is 19.5 Å². The van der Waals surface area contributed by atoms with E-state index in [1.165, 1.54) is 6.04 Å². The van der Waals surface area contributed by atoms with E-state index >= 15 is 0 Å². The van der Waals surface area contributed by atoms with Crippen molar-refractivity contribution in [3.8, 4) is 0 Å². The van der Waals surface area contributed by atoms with Crippen LogP contribution in [-0.4, -0.2) is 39.6 Å². The molecule has 1 spiro atoms. The summed E-state index contributed by atoms with van der Waals surface area (Å²) in [5.74, 6) is -0.666. The van der Waals surface area contributed by atoms with Crippen molar-refractivity contribution in [3.05, 3.63) is 75.8 Å². The Morgan fingerprint density at radius 2 is 1.83 bits per heavy atom. The monoisotopic (exact) mass is 532 g/mol. The molecule has 5 nitrogen and oxygen atoms in total. The van der Waals surface area contributed by atoms with Crippen molar-refractivity contribution in [3.63, 3.8) is 0 Å². The van der Waals surface area contributed by atoms with E-state index in [-0.39, 0.29) is 24.2 Å². The minimum atomic E-state index is -1.01. The molecule has 8 heteroatoms. The first kappa shape index (κ1) is 27.5. The lowest BCUT2D eigenvalue weighted by atomic mass is 9.59. The van der Waals surface area contributed by atoms with Crippen LogP contribution in [0.15, 0.2) is 54.6 Å². The summed E-state index contributed by atoms with van der Waals surface area (Å²) >= 11 is 12.4. The smallest absolute Gasteiger partial charge is 0.238 e. The number of carbonyl (C=O) groups excluding carboxylic acids is 2. The van der Waals surface area contributed by atoms with E-state index in [4.69, 9.17) is 27.9 Å². The molecule has 0 aliphatic carbocycles. The fraction of sp³-hybridized carbons (Fsp3) is 0.407. The number of benzene rings is 2. The Morgan fingerprint density at radius 1 is 1.14 bits per heavy atom. The number of nitrogens with one attached hydrogen (secondary N) is 2. The predicted molar refractivity (Wildman–Crippen MR) is 147 cm³/mol. The second-order valence-corrected chi connectivity index (χ2v) is 17.0. The second-order valence-electron chi connectivity index (χ2n) is 10.5. The van der Waals surface area contributed by atoms with Crippen molar-refractivity contribution in [2.75, 3.05) is 19.0 Å². The Morgan fingerprint density at radius 3 is 2.40 bits per heavy atom. The molecule has 4 rings (SSSR count). The molecule has 0 saturated carbocycles. The van der Waals surface area contributed by atoms with Gasteiger partial charge in [0.1, 0.15) is 5.41 Å². The van der Waals surface area contributed by atoms with Gasteiger partial charge in [0, 0.05) is 49.9 Å². The summed E-state index contributed by atoms with van der Waals surface area (Å²) in [6, 6.07) is 13.5. The zero-order valence-electron chi connectivity index (χ0n) is 21.0.